The summed E-state index contributed by atoms with van der Waals surface area (Å²) in [5, 5.41) is 0. The van der Waals surface area contributed by atoms with E-state index in [2.05, 4.69) is 13.8 Å². The van der Waals surface area contributed by atoms with Crippen molar-refractivity contribution in [3.8, 4) is 0 Å². The highest BCUT2D eigenvalue weighted by Gasteiger charge is 2.21. The fourth-order valence-corrected chi connectivity index (χ4v) is 2.71. The molecular weight excluding hydrogens is 224 g/mol. The molecule has 0 spiro atoms. The van der Waals surface area contributed by atoms with Crippen molar-refractivity contribution >= 4 is 0 Å². The second kappa shape index (κ2) is 10.7. The van der Waals surface area contributed by atoms with Crippen LogP contribution < -0.4 is 22.9 Å². The quantitative estimate of drug-likeness (QED) is 0.446. The lowest BCUT2D eigenvalue weighted by molar-refractivity contribution is 0.242. The smallest absolute Gasteiger partial charge is 0.00132 e. The summed E-state index contributed by atoms with van der Waals surface area (Å²) in [5.74, 6) is 1.30. The molecule has 0 heterocycles. The van der Waals surface area contributed by atoms with Gasteiger partial charge in [-0.25, -0.2) is 0 Å². The van der Waals surface area contributed by atoms with Crippen LogP contribution in [-0.4, -0.2) is 25.2 Å². The van der Waals surface area contributed by atoms with E-state index < -0.39 is 0 Å². The normalized spacial score (nSPS) is 18.3. The van der Waals surface area contributed by atoms with Crippen LogP contribution in [0.25, 0.3) is 0 Å². The van der Waals surface area contributed by atoms with E-state index in [0.29, 0.717) is 11.8 Å². The van der Waals surface area contributed by atoms with Gasteiger partial charge in [0.05, 0.1) is 0 Å². The van der Waals surface area contributed by atoms with Gasteiger partial charge in [-0.3, -0.25) is 0 Å². The average Bonchev–Trinajstić information content (AvgIpc) is 2.29. The van der Waals surface area contributed by atoms with Crippen molar-refractivity contribution in [2.45, 2.75) is 64.5 Å². The molecule has 0 rings (SSSR count). The molecule has 8 N–H and O–H groups in total. The first-order chi connectivity index (χ1) is 8.51. The van der Waals surface area contributed by atoms with E-state index in [0.717, 1.165) is 45.2 Å². The zero-order valence-electron chi connectivity index (χ0n) is 12.3. The predicted molar refractivity (Wildman–Crippen MR) is 80.1 cm³/mol. The minimum atomic E-state index is 0.251. The lowest BCUT2D eigenvalue weighted by atomic mass is 9.79. The summed E-state index contributed by atoms with van der Waals surface area (Å²) in [6.45, 7) is 5.67. The van der Waals surface area contributed by atoms with Gasteiger partial charge in [-0.15, -0.1) is 0 Å². The Kier molecular flexibility index (Phi) is 10.6. The molecule has 110 valence electrons. The maximum Gasteiger partial charge on any atom is 0.00132 e. The third-order valence-electron chi connectivity index (χ3n) is 3.65. The molecule has 4 atom stereocenters. The lowest BCUT2D eigenvalue weighted by Crippen LogP contribution is -2.28. The van der Waals surface area contributed by atoms with Gasteiger partial charge < -0.3 is 22.9 Å². The highest BCUT2D eigenvalue weighted by Crippen LogP contribution is 2.29. The molecule has 0 bridgehead atoms. The maximum absolute atomic E-state index is 5.98. The van der Waals surface area contributed by atoms with Crippen molar-refractivity contribution in [3.63, 3.8) is 0 Å². The molecule has 4 heteroatoms. The van der Waals surface area contributed by atoms with Gasteiger partial charge in [0.1, 0.15) is 0 Å². The molecule has 4 nitrogen and oxygen atoms in total. The third-order valence-corrected chi connectivity index (χ3v) is 3.65. The summed E-state index contributed by atoms with van der Waals surface area (Å²) in [5.41, 5.74) is 23.2. The Labute approximate surface area is 113 Å². The predicted octanol–water partition coefficient (Wildman–Crippen LogP) is 1.17. The topological polar surface area (TPSA) is 104 Å². The first-order valence-electron chi connectivity index (χ1n) is 7.42. The van der Waals surface area contributed by atoms with E-state index in [-0.39, 0.29) is 12.1 Å². The van der Waals surface area contributed by atoms with Crippen molar-refractivity contribution in [1.29, 1.82) is 0 Å². The van der Waals surface area contributed by atoms with Crippen molar-refractivity contribution in [2.24, 2.45) is 34.8 Å². The Hall–Kier alpha value is -0.160. The molecule has 4 unspecified atom stereocenters. The summed E-state index contributed by atoms with van der Waals surface area (Å²) in [6.07, 6.45) is 6.64. The first-order valence-corrected chi connectivity index (χ1v) is 7.42. The van der Waals surface area contributed by atoms with Crippen LogP contribution in [0.4, 0.5) is 0 Å². The number of rotatable bonds is 11. The van der Waals surface area contributed by atoms with Crippen molar-refractivity contribution < 1.29 is 0 Å². The van der Waals surface area contributed by atoms with Crippen LogP contribution in [0.2, 0.25) is 0 Å². The van der Waals surface area contributed by atoms with E-state index in [1.165, 1.54) is 6.42 Å². The molecule has 0 aromatic rings. The second-order valence-corrected chi connectivity index (χ2v) is 5.80. The maximum atomic E-state index is 5.98. The van der Waals surface area contributed by atoms with Crippen LogP contribution in [0.1, 0.15) is 52.4 Å². The highest BCUT2D eigenvalue weighted by molar-refractivity contribution is 4.75. The van der Waals surface area contributed by atoms with Gasteiger partial charge in [0, 0.05) is 12.1 Å². The molecule has 0 aliphatic carbocycles. The first kappa shape index (κ1) is 17.8. The van der Waals surface area contributed by atoms with E-state index >= 15 is 0 Å². The Morgan fingerprint density at radius 3 is 1.83 bits per heavy atom. The van der Waals surface area contributed by atoms with Crippen LogP contribution in [0, 0.1) is 11.8 Å². The van der Waals surface area contributed by atoms with Gasteiger partial charge in [0.2, 0.25) is 0 Å². The molecule has 0 aromatic heterocycles. The van der Waals surface area contributed by atoms with Crippen molar-refractivity contribution in [3.05, 3.63) is 0 Å². The molecule has 0 aromatic carbocycles. The fraction of sp³-hybridized carbons (Fsp3) is 1.00. The zero-order valence-corrected chi connectivity index (χ0v) is 12.3. The summed E-state index contributed by atoms with van der Waals surface area (Å²) < 4.78 is 0. The number of hydrogen-bond donors (Lipinski definition) is 4. The van der Waals surface area contributed by atoms with Gasteiger partial charge in [-0.1, -0.05) is 0 Å². The standard InChI is InChI=1S/C14H34N4/c1-11(17)5-6-14(10-12(2)18)13(7-9-16)4-3-8-15/h11-14H,3-10,15-18H2,1-2H3. The minimum absolute atomic E-state index is 0.251. The largest absolute Gasteiger partial charge is 0.330 e. The van der Waals surface area contributed by atoms with Crippen LogP contribution in [0.15, 0.2) is 0 Å². The van der Waals surface area contributed by atoms with E-state index in [1.807, 2.05) is 0 Å². The van der Waals surface area contributed by atoms with E-state index in [9.17, 15) is 0 Å². The van der Waals surface area contributed by atoms with Crippen molar-refractivity contribution in [2.75, 3.05) is 13.1 Å². The summed E-state index contributed by atoms with van der Waals surface area (Å²) >= 11 is 0. The molecule has 0 fully saturated rings. The zero-order chi connectivity index (χ0) is 14.0. The van der Waals surface area contributed by atoms with Gasteiger partial charge in [0.15, 0.2) is 0 Å². The number of hydrogen-bond acceptors (Lipinski definition) is 4. The molecule has 0 saturated heterocycles. The summed E-state index contributed by atoms with van der Waals surface area (Å²) in [4.78, 5) is 0. The minimum Gasteiger partial charge on any atom is -0.330 e. The summed E-state index contributed by atoms with van der Waals surface area (Å²) in [6, 6.07) is 0.523. The Morgan fingerprint density at radius 1 is 0.722 bits per heavy atom. The molecular formula is C14H34N4. The third kappa shape index (κ3) is 8.86. The Morgan fingerprint density at radius 2 is 1.39 bits per heavy atom. The Bertz CT molecular complexity index is 183. The van der Waals surface area contributed by atoms with Crippen LogP contribution in [0.3, 0.4) is 0 Å². The Balaban J connectivity index is 4.41. The molecule has 0 saturated carbocycles. The van der Waals surface area contributed by atoms with Gasteiger partial charge in [0.25, 0.3) is 0 Å². The molecule has 0 radical (unpaired) electrons. The SMILES string of the molecule is CC(N)CCC(CC(C)N)C(CCN)CCCN. The van der Waals surface area contributed by atoms with Gasteiger partial charge in [-0.2, -0.15) is 0 Å². The second-order valence-electron chi connectivity index (χ2n) is 5.80. The van der Waals surface area contributed by atoms with Crippen LogP contribution >= 0.6 is 0 Å². The van der Waals surface area contributed by atoms with Crippen LogP contribution in [0.5, 0.6) is 0 Å². The summed E-state index contributed by atoms with van der Waals surface area (Å²) in [7, 11) is 0. The van der Waals surface area contributed by atoms with Gasteiger partial charge in [-0.05, 0) is 77.3 Å². The molecule has 0 aliphatic heterocycles. The fourth-order valence-electron chi connectivity index (χ4n) is 2.71. The molecule has 0 aliphatic rings. The van der Waals surface area contributed by atoms with Gasteiger partial charge >= 0.3 is 0 Å². The molecule has 18 heavy (non-hydrogen) atoms. The van der Waals surface area contributed by atoms with Crippen LogP contribution in [-0.2, 0) is 0 Å². The van der Waals surface area contributed by atoms with E-state index in [4.69, 9.17) is 22.9 Å². The van der Waals surface area contributed by atoms with E-state index in [1.54, 1.807) is 0 Å². The number of nitrogens with two attached hydrogens (primary N) is 4. The lowest BCUT2D eigenvalue weighted by Gasteiger charge is -2.29. The average molecular weight is 258 g/mol. The monoisotopic (exact) mass is 258 g/mol. The van der Waals surface area contributed by atoms with Crippen molar-refractivity contribution in [1.82, 2.24) is 0 Å². The molecule has 0 amide bonds. The highest BCUT2D eigenvalue weighted by atomic mass is 14.6.